The van der Waals surface area contributed by atoms with Gasteiger partial charge in [-0.25, -0.2) is 0 Å². The van der Waals surface area contributed by atoms with E-state index in [1.54, 1.807) is 60.7 Å². The number of rotatable bonds is 5. The fourth-order valence-corrected chi connectivity index (χ4v) is 5.77. The first kappa shape index (κ1) is 22.1. The number of halogens is 1. The van der Waals surface area contributed by atoms with Crippen LogP contribution in [0.5, 0.6) is 0 Å². The molecule has 0 saturated heterocycles. The highest BCUT2D eigenvalue weighted by molar-refractivity contribution is 8.00. The Balaban J connectivity index is 1.92. The number of nitrogens with two attached hydrogens (primary N) is 1. The van der Waals surface area contributed by atoms with Crippen molar-refractivity contribution >= 4 is 44.5 Å². The predicted octanol–water partition coefficient (Wildman–Crippen LogP) is 3.32. The monoisotopic (exact) mass is 467 g/mol. The zero-order chi connectivity index (χ0) is 22.9. The van der Waals surface area contributed by atoms with E-state index in [1.165, 1.54) is 4.90 Å². The molecule has 1 unspecified atom stereocenters. The van der Waals surface area contributed by atoms with Gasteiger partial charge in [-0.1, -0.05) is 35.9 Å². The Hall–Kier alpha value is -3.13. The summed E-state index contributed by atoms with van der Waals surface area (Å²) in [4.78, 5) is 28.5. The van der Waals surface area contributed by atoms with E-state index in [9.17, 15) is 13.8 Å². The second-order valence-corrected chi connectivity index (χ2v) is 10.1. The van der Waals surface area contributed by atoms with Crippen LogP contribution in [0, 0.1) is 0 Å². The van der Waals surface area contributed by atoms with Gasteiger partial charge in [0.2, 0.25) is 0 Å². The van der Waals surface area contributed by atoms with Gasteiger partial charge in [0.1, 0.15) is 0 Å². The summed E-state index contributed by atoms with van der Waals surface area (Å²) in [5, 5.41) is 3.26. The molecule has 3 N–H and O–H groups in total. The molecule has 1 aliphatic heterocycles. The number of benzene rings is 3. The van der Waals surface area contributed by atoms with E-state index >= 15 is 0 Å². The molecule has 0 bridgehead atoms. The number of hydrogen-bond donors (Lipinski definition) is 2. The lowest BCUT2D eigenvalue weighted by Gasteiger charge is -2.24. The molecule has 4 rings (SSSR count). The summed E-state index contributed by atoms with van der Waals surface area (Å²) < 4.78 is 13.9. The van der Waals surface area contributed by atoms with Gasteiger partial charge >= 0.3 is 0 Å². The molecule has 0 aliphatic carbocycles. The molecule has 1 atom stereocenters. The Bertz CT molecular complexity index is 1320. The van der Waals surface area contributed by atoms with Gasteiger partial charge in [0.05, 0.1) is 22.7 Å². The summed E-state index contributed by atoms with van der Waals surface area (Å²) in [5.41, 5.74) is 7.32. The normalized spacial score (nSPS) is 17.3. The van der Waals surface area contributed by atoms with Gasteiger partial charge in [0.15, 0.2) is 0 Å². The minimum Gasteiger partial charge on any atom is -0.351 e. The van der Waals surface area contributed by atoms with Crippen molar-refractivity contribution in [2.75, 3.05) is 18.0 Å². The third kappa shape index (κ3) is 4.02. The summed E-state index contributed by atoms with van der Waals surface area (Å²) in [6.45, 7) is 0.806. The number of amides is 2. The molecule has 164 valence electrons. The molecule has 0 aromatic heterocycles. The van der Waals surface area contributed by atoms with Crippen LogP contribution in [0.2, 0.25) is 5.02 Å². The van der Waals surface area contributed by atoms with Crippen molar-refractivity contribution in [1.82, 2.24) is 5.32 Å². The standard InChI is InChI=1S/C24H22ClN3O3S/c1-32(31)21-8-3-2-7-19(21)24(30)28(15-16-5-4-6-18(25)13-16)20-14-17(9-10-22(20)32)23(29)27-12-11-26/h2-10,13-14H,1,11-12,15,26H2,(H,27,29). The van der Waals surface area contributed by atoms with Crippen molar-refractivity contribution in [2.24, 2.45) is 5.73 Å². The molecule has 8 heteroatoms. The van der Waals surface area contributed by atoms with Crippen molar-refractivity contribution in [2.45, 2.75) is 16.3 Å². The van der Waals surface area contributed by atoms with Gasteiger partial charge in [0, 0.05) is 38.1 Å². The van der Waals surface area contributed by atoms with Crippen molar-refractivity contribution in [1.29, 1.82) is 0 Å². The number of nitrogens with zero attached hydrogens (tertiary/aromatic N) is 1. The summed E-state index contributed by atoms with van der Waals surface area (Å²) >= 11 is 6.15. The summed E-state index contributed by atoms with van der Waals surface area (Å²) in [7, 11) is -3.00. The van der Waals surface area contributed by atoms with Crippen LogP contribution in [-0.4, -0.2) is 35.0 Å². The van der Waals surface area contributed by atoms with E-state index in [0.717, 1.165) is 5.56 Å². The number of carbonyl (C=O) groups is 2. The zero-order valence-electron chi connectivity index (χ0n) is 17.2. The van der Waals surface area contributed by atoms with Crippen LogP contribution in [0.3, 0.4) is 0 Å². The van der Waals surface area contributed by atoms with Crippen molar-refractivity contribution in [3.05, 3.63) is 88.4 Å². The fraction of sp³-hybridized carbons (Fsp3) is 0.125. The van der Waals surface area contributed by atoms with E-state index in [0.29, 0.717) is 44.7 Å². The Kier molecular flexibility index (Phi) is 6.06. The molecular weight excluding hydrogens is 446 g/mol. The molecule has 0 saturated carbocycles. The van der Waals surface area contributed by atoms with E-state index in [1.807, 2.05) is 6.07 Å². The van der Waals surface area contributed by atoms with Crippen LogP contribution in [0.4, 0.5) is 5.69 Å². The van der Waals surface area contributed by atoms with Gasteiger partial charge in [-0.2, -0.15) is 0 Å². The van der Waals surface area contributed by atoms with Crippen LogP contribution in [0.25, 0.3) is 0 Å². The molecule has 1 aliphatic rings. The van der Waals surface area contributed by atoms with E-state index in [4.69, 9.17) is 17.3 Å². The molecule has 3 aromatic carbocycles. The lowest BCUT2D eigenvalue weighted by atomic mass is 10.1. The Labute approximate surface area is 192 Å². The van der Waals surface area contributed by atoms with Crippen molar-refractivity contribution in [3.8, 4) is 0 Å². The average molecular weight is 468 g/mol. The Morgan fingerprint density at radius 1 is 1.06 bits per heavy atom. The van der Waals surface area contributed by atoms with Gasteiger partial charge in [-0.3, -0.25) is 13.8 Å². The maximum absolute atomic E-state index is 13.9. The summed E-state index contributed by atoms with van der Waals surface area (Å²) in [6, 6.07) is 18.7. The first-order valence-corrected chi connectivity index (χ1v) is 12.1. The van der Waals surface area contributed by atoms with Gasteiger partial charge in [-0.05, 0) is 53.9 Å². The molecule has 0 fully saturated rings. The lowest BCUT2D eigenvalue weighted by molar-refractivity contribution is 0.0951. The maximum atomic E-state index is 13.9. The van der Waals surface area contributed by atoms with E-state index < -0.39 is 9.52 Å². The number of nitrogens with one attached hydrogen (secondary N) is 1. The zero-order valence-corrected chi connectivity index (χ0v) is 18.8. The van der Waals surface area contributed by atoms with Crippen LogP contribution < -0.4 is 16.0 Å². The van der Waals surface area contributed by atoms with Gasteiger partial charge < -0.3 is 16.0 Å². The topological polar surface area (TPSA) is 92.5 Å². The number of carbonyl (C=O) groups excluding carboxylic acids is 2. The van der Waals surface area contributed by atoms with Crippen molar-refractivity contribution < 1.29 is 13.8 Å². The molecule has 0 radical (unpaired) electrons. The Morgan fingerprint density at radius 2 is 1.84 bits per heavy atom. The maximum Gasteiger partial charge on any atom is 0.259 e. The largest absolute Gasteiger partial charge is 0.351 e. The Morgan fingerprint density at radius 3 is 2.59 bits per heavy atom. The quantitative estimate of drug-likeness (QED) is 0.563. The molecule has 32 heavy (non-hydrogen) atoms. The van der Waals surface area contributed by atoms with Crippen LogP contribution >= 0.6 is 11.6 Å². The summed E-state index contributed by atoms with van der Waals surface area (Å²) in [6.07, 6.45) is 0. The van der Waals surface area contributed by atoms with Crippen LogP contribution in [-0.2, 0) is 16.1 Å². The predicted molar refractivity (Wildman–Crippen MR) is 128 cm³/mol. The highest BCUT2D eigenvalue weighted by Gasteiger charge is 2.33. The third-order valence-electron chi connectivity index (χ3n) is 5.24. The van der Waals surface area contributed by atoms with Crippen LogP contribution in [0.1, 0.15) is 26.3 Å². The second-order valence-electron chi connectivity index (χ2n) is 7.42. The molecule has 6 nitrogen and oxygen atoms in total. The minimum absolute atomic E-state index is 0.185. The highest BCUT2D eigenvalue weighted by Crippen LogP contribution is 2.38. The minimum atomic E-state index is -3.00. The third-order valence-corrected chi connectivity index (χ3v) is 7.60. The van der Waals surface area contributed by atoms with Gasteiger partial charge in [-0.15, -0.1) is 0 Å². The molecule has 1 heterocycles. The summed E-state index contributed by atoms with van der Waals surface area (Å²) in [5.74, 6) is 3.35. The highest BCUT2D eigenvalue weighted by atomic mass is 35.5. The van der Waals surface area contributed by atoms with Crippen LogP contribution in [0.15, 0.2) is 76.5 Å². The molecule has 0 spiro atoms. The number of anilines is 1. The number of fused-ring (bicyclic) bond motifs is 2. The average Bonchev–Trinajstić information content (AvgIpc) is 2.86. The lowest BCUT2D eigenvalue weighted by Crippen LogP contribution is -2.31. The molecule has 2 amide bonds. The molecule has 3 aromatic rings. The van der Waals surface area contributed by atoms with Gasteiger partial charge in [0.25, 0.3) is 11.8 Å². The fourth-order valence-electron chi connectivity index (χ4n) is 3.72. The number of hydrogen-bond acceptors (Lipinski definition) is 4. The van der Waals surface area contributed by atoms with Crippen molar-refractivity contribution in [3.63, 3.8) is 0 Å². The van der Waals surface area contributed by atoms with E-state index in [2.05, 4.69) is 11.2 Å². The smallest absolute Gasteiger partial charge is 0.259 e. The first-order chi connectivity index (χ1) is 15.3. The van der Waals surface area contributed by atoms with E-state index in [-0.39, 0.29) is 18.4 Å². The second kappa shape index (κ2) is 8.78. The SMILES string of the molecule is C=S1(=O)c2ccccc2C(=O)N(Cc2cccc(Cl)c2)c2cc(C(=O)NCCN)ccc21. The molecular formula is C24H22ClN3O3S. The first-order valence-electron chi connectivity index (χ1n) is 9.98.